The Morgan fingerprint density at radius 2 is 1.94 bits per heavy atom. The predicted octanol–water partition coefficient (Wildman–Crippen LogP) is 7.29. The van der Waals surface area contributed by atoms with Gasteiger partial charge in [0, 0.05) is 8.04 Å². The largest absolute Gasteiger partial charge is 0.493 e. The number of carbonyl (C=O) groups is 1. The van der Waals surface area contributed by atoms with E-state index in [1.54, 1.807) is 30.3 Å². The van der Waals surface area contributed by atoms with Crippen LogP contribution in [0.5, 0.6) is 11.5 Å². The van der Waals surface area contributed by atoms with E-state index in [0.717, 1.165) is 13.6 Å². The molecule has 0 spiro atoms. The summed E-state index contributed by atoms with van der Waals surface area (Å²) in [5, 5.41) is 0.785. The predicted molar refractivity (Wildman–Crippen MR) is 141 cm³/mol. The number of methoxy groups -OCH3 is 1. The highest BCUT2D eigenvalue weighted by molar-refractivity contribution is 14.1. The second-order valence-corrected chi connectivity index (χ2v) is 9.89. The Bertz CT molecular complexity index is 1310. The molecule has 4 rings (SSSR count). The van der Waals surface area contributed by atoms with Crippen molar-refractivity contribution < 1.29 is 19.0 Å². The van der Waals surface area contributed by atoms with Gasteiger partial charge in [-0.15, -0.1) is 0 Å². The van der Waals surface area contributed by atoms with Gasteiger partial charge in [-0.1, -0.05) is 51.3 Å². The van der Waals surface area contributed by atoms with Gasteiger partial charge in [-0.2, -0.15) is 0 Å². The number of carbonyl (C=O) groups excluding carboxylic acids is 1. The third-order valence-electron chi connectivity index (χ3n) is 4.61. The molecular weight excluding hydrogens is 644 g/mol. The topological polar surface area (TPSA) is 57.1 Å². The quantitative estimate of drug-likeness (QED) is 0.159. The average Bonchev–Trinajstić information content (AvgIpc) is 3.14. The maximum Gasteiger partial charge on any atom is 0.363 e. The first kappa shape index (κ1) is 24.1. The smallest absolute Gasteiger partial charge is 0.363 e. The van der Waals surface area contributed by atoms with Crippen molar-refractivity contribution in [1.82, 2.24) is 0 Å². The van der Waals surface area contributed by atoms with Crippen molar-refractivity contribution in [2.24, 2.45) is 4.99 Å². The number of hydrogen-bond donors (Lipinski definition) is 0. The van der Waals surface area contributed by atoms with E-state index in [9.17, 15) is 4.79 Å². The summed E-state index contributed by atoms with van der Waals surface area (Å²) in [4.78, 5) is 16.7. The van der Waals surface area contributed by atoms with Gasteiger partial charge in [0.25, 0.3) is 0 Å². The zero-order valence-electron chi connectivity index (χ0n) is 17.1. The van der Waals surface area contributed by atoms with Gasteiger partial charge in [-0.25, -0.2) is 9.79 Å². The molecule has 0 N–H and O–H groups in total. The first-order valence-electron chi connectivity index (χ1n) is 9.57. The summed E-state index contributed by atoms with van der Waals surface area (Å²) in [5.74, 6) is 0.414. The summed E-state index contributed by atoms with van der Waals surface area (Å²) in [5.41, 5.74) is 2.25. The van der Waals surface area contributed by atoms with E-state index in [1.807, 2.05) is 30.3 Å². The molecule has 9 heteroatoms. The molecule has 3 aromatic carbocycles. The minimum absolute atomic E-state index is 0.126. The molecule has 0 saturated carbocycles. The molecule has 33 heavy (non-hydrogen) atoms. The first-order valence-corrected chi connectivity index (χ1v) is 12.2. The van der Waals surface area contributed by atoms with Crippen LogP contribution in [0.25, 0.3) is 6.08 Å². The zero-order chi connectivity index (χ0) is 23.5. The molecule has 1 aliphatic heterocycles. The normalized spacial score (nSPS) is 14.3. The SMILES string of the molecule is COc1cc(/C=C2\N=C(c3cc(I)ccc3Cl)OC2=O)cc(Cl)c1OCc1cccc(Br)c1. The first-order chi connectivity index (χ1) is 15.8. The van der Waals surface area contributed by atoms with Crippen LogP contribution in [0.3, 0.4) is 0 Å². The molecule has 0 bridgehead atoms. The highest BCUT2D eigenvalue weighted by Gasteiger charge is 2.26. The molecule has 3 aromatic rings. The van der Waals surface area contributed by atoms with E-state index >= 15 is 0 Å². The van der Waals surface area contributed by atoms with Gasteiger partial charge in [0.15, 0.2) is 17.2 Å². The second-order valence-electron chi connectivity index (χ2n) is 6.91. The number of hydrogen-bond acceptors (Lipinski definition) is 5. The lowest BCUT2D eigenvalue weighted by atomic mass is 10.1. The molecule has 1 aliphatic rings. The van der Waals surface area contributed by atoms with Crippen LogP contribution in [0, 0.1) is 3.57 Å². The van der Waals surface area contributed by atoms with Crippen LogP contribution in [-0.2, 0) is 16.1 Å². The van der Waals surface area contributed by atoms with Crippen molar-refractivity contribution in [3.63, 3.8) is 0 Å². The number of benzene rings is 3. The maximum atomic E-state index is 12.4. The molecular formula is C24H15BrCl2INO4. The Morgan fingerprint density at radius 1 is 1.12 bits per heavy atom. The molecule has 0 radical (unpaired) electrons. The molecule has 168 valence electrons. The lowest BCUT2D eigenvalue weighted by Gasteiger charge is -2.13. The van der Waals surface area contributed by atoms with Crippen molar-refractivity contribution in [2.75, 3.05) is 7.11 Å². The van der Waals surface area contributed by atoms with Crippen molar-refractivity contribution >= 4 is 79.7 Å². The fraction of sp³-hybridized carbons (Fsp3) is 0.0833. The summed E-state index contributed by atoms with van der Waals surface area (Å²) in [6.07, 6.45) is 1.57. The van der Waals surface area contributed by atoms with Crippen LogP contribution >= 0.6 is 61.7 Å². The average molecular weight is 659 g/mol. The number of rotatable bonds is 6. The fourth-order valence-electron chi connectivity index (χ4n) is 3.09. The van der Waals surface area contributed by atoms with E-state index in [4.69, 9.17) is 37.4 Å². The number of esters is 1. The summed E-state index contributed by atoms with van der Waals surface area (Å²) >= 11 is 18.3. The third kappa shape index (κ3) is 5.71. The minimum atomic E-state index is -0.579. The molecule has 0 fully saturated rings. The van der Waals surface area contributed by atoms with E-state index in [1.165, 1.54) is 7.11 Å². The molecule has 0 aliphatic carbocycles. The number of halogens is 4. The zero-order valence-corrected chi connectivity index (χ0v) is 22.3. The van der Waals surface area contributed by atoms with E-state index in [-0.39, 0.29) is 11.6 Å². The Balaban J connectivity index is 1.61. The molecule has 1 heterocycles. The van der Waals surface area contributed by atoms with Crippen LogP contribution in [-0.4, -0.2) is 19.0 Å². The Labute approximate surface area is 222 Å². The Hall–Kier alpha value is -2.07. The molecule has 5 nitrogen and oxygen atoms in total. The van der Waals surface area contributed by atoms with Gasteiger partial charge in [0.05, 0.1) is 22.7 Å². The van der Waals surface area contributed by atoms with Gasteiger partial charge >= 0.3 is 5.97 Å². The van der Waals surface area contributed by atoms with Crippen LogP contribution in [0.1, 0.15) is 16.7 Å². The lowest BCUT2D eigenvalue weighted by molar-refractivity contribution is -0.129. The van der Waals surface area contributed by atoms with Gasteiger partial charge in [0.2, 0.25) is 5.90 Å². The van der Waals surface area contributed by atoms with E-state index < -0.39 is 5.97 Å². The second kappa shape index (κ2) is 10.5. The van der Waals surface area contributed by atoms with Crippen LogP contribution in [0.4, 0.5) is 0 Å². The summed E-state index contributed by atoms with van der Waals surface area (Å²) in [6, 6.07) is 16.6. The van der Waals surface area contributed by atoms with Crippen LogP contribution in [0.15, 0.2) is 69.8 Å². The number of aliphatic imine (C=N–C) groups is 1. The highest BCUT2D eigenvalue weighted by atomic mass is 127. The van der Waals surface area contributed by atoms with E-state index in [0.29, 0.717) is 39.3 Å². The molecule has 0 aromatic heterocycles. The maximum absolute atomic E-state index is 12.4. The van der Waals surface area contributed by atoms with Crippen molar-refractivity contribution in [3.8, 4) is 11.5 Å². The van der Waals surface area contributed by atoms with Gasteiger partial charge in [-0.05, 0) is 82.3 Å². The Kier molecular flexibility index (Phi) is 7.63. The number of cyclic esters (lactones) is 1. The summed E-state index contributed by atoms with van der Waals surface area (Å²) < 4.78 is 18.6. The molecule has 0 amide bonds. The van der Waals surface area contributed by atoms with Gasteiger partial charge < -0.3 is 14.2 Å². The van der Waals surface area contributed by atoms with Crippen LogP contribution < -0.4 is 9.47 Å². The van der Waals surface area contributed by atoms with Crippen molar-refractivity contribution in [1.29, 1.82) is 0 Å². The molecule has 0 atom stereocenters. The highest BCUT2D eigenvalue weighted by Crippen LogP contribution is 2.38. The minimum Gasteiger partial charge on any atom is -0.493 e. The van der Waals surface area contributed by atoms with Gasteiger partial charge in [0.1, 0.15) is 6.61 Å². The standard InChI is InChI=1S/C24H15BrCl2INO4/c1-31-21-10-14(8-19(27)22(21)32-12-13-3-2-4-15(25)7-13)9-20-24(30)33-23(29-20)17-11-16(28)5-6-18(17)26/h2-11H,12H2,1H3/b20-9-. The van der Waals surface area contributed by atoms with Crippen LogP contribution in [0.2, 0.25) is 10.0 Å². The van der Waals surface area contributed by atoms with E-state index in [2.05, 4.69) is 43.5 Å². The third-order valence-corrected chi connectivity index (χ3v) is 6.38. The monoisotopic (exact) mass is 657 g/mol. The molecule has 0 saturated heterocycles. The lowest BCUT2D eigenvalue weighted by Crippen LogP contribution is -2.06. The summed E-state index contributed by atoms with van der Waals surface area (Å²) in [7, 11) is 1.52. The number of ether oxygens (including phenoxy) is 3. The van der Waals surface area contributed by atoms with Crippen molar-refractivity contribution in [2.45, 2.75) is 6.61 Å². The Morgan fingerprint density at radius 3 is 2.70 bits per heavy atom. The summed E-state index contributed by atoms with van der Waals surface area (Å²) in [6.45, 7) is 0.312. The van der Waals surface area contributed by atoms with Crippen molar-refractivity contribution in [3.05, 3.63) is 95.1 Å². The van der Waals surface area contributed by atoms with Gasteiger partial charge in [-0.3, -0.25) is 0 Å². The number of nitrogens with zero attached hydrogens (tertiary/aromatic N) is 1. The molecule has 0 unspecified atom stereocenters. The fourth-order valence-corrected chi connectivity index (χ4v) is 4.50.